The predicted octanol–water partition coefficient (Wildman–Crippen LogP) is 2.65. The van der Waals surface area contributed by atoms with Crippen LogP contribution in [0.2, 0.25) is 5.02 Å². The van der Waals surface area contributed by atoms with Crippen LogP contribution in [-0.2, 0) is 0 Å². The number of nitrogens with zero attached hydrogens (tertiary/aromatic N) is 1. The third kappa shape index (κ3) is 2.47. The van der Waals surface area contributed by atoms with E-state index in [0.717, 1.165) is 25.2 Å². The number of anilines is 1. The maximum absolute atomic E-state index is 13.2. The van der Waals surface area contributed by atoms with Crippen LogP contribution < -0.4 is 10.6 Å². The molecule has 1 aliphatic rings. The summed E-state index contributed by atoms with van der Waals surface area (Å²) in [6.07, 6.45) is 0.940. The lowest BCUT2D eigenvalue weighted by Crippen LogP contribution is -2.46. The molecule has 2 unspecified atom stereocenters. The summed E-state index contributed by atoms with van der Waals surface area (Å²) >= 11 is 5.84. The summed E-state index contributed by atoms with van der Waals surface area (Å²) in [5.74, 6) is 0.140. The van der Waals surface area contributed by atoms with Gasteiger partial charge in [-0.2, -0.15) is 0 Å². The van der Waals surface area contributed by atoms with Crippen LogP contribution in [0.25, 0.3) is 0 Å². The van der Waals surface area contributed by atoms with Crippen molar-refractivity contribution in [3.8, 4) is 0 Å². The van der Waals surface area contributed by atoms with E-state index in [2.05, 4.69) is 11.8 Å². The van der Waals surface area contributed by atoms with Gasteiger partial charge in [-0.05, 0) is 30.5 Å². The standard InChI is InChI=1S/C12H16ClFN2/c1-8-7-16(3-2-12(8)15)11-5-9(13)4-10(14)6-11/h4-6,8,12H,2-3,7,15H2,1H3. The van der Waals surface area contributed by atoms with Gasteiger partial charge in [0.05, 0.1) is 0 Å². The molecule has 1 aromatic rings. The molecular weight excluding hydrogens is 227 g/mol. The maximum Gasteiger partial charge on any atom is 0.126 e. The summed E-state index contributed by atoms with van der Waals surface area (Å²) in [6, 6.07) is 4.90. The van der Waals surface area contributed by atoms with Crippen LogP contribution in [0.3, 0.4) is 0 Å². The number of nitrogens with two attached hydrogens (primary N) is 1. The highest BCUT2D eigenvalue weighted by Crippen LogP contribution is 2.26. The summed E-state index contributed by atoms with van der Waals surface area (Å²) in [6.45, 7) is 3.85. The van der Waals surface area contributed by atoms with Gasteiger partial charge in [0.2, 0.25) is 0 Å². The van der Waals surface area contributed by atoms with Gasteiger partial charge in [0, 0.05) is 29.8 Å². The number of benzene rings is 1. The van der Waals surface area contributed by atoms with Crippen LogP contribution >= 0.6 is 11.6 Å². The minimum Gasteiger partial charge on any atom is -0.371 e. The molecular formula is C12H16ClFN2. The molecule has 2 N–H and O–H groups in total. The molecule has 16 heavy (non-hydrogen) atoms. The Morgan fingerprint density at radius 3 is 2.81 bits per heavy atom. The van der Waals surface area contributed by atoms with E-state index in [-0.39, 0.29) is 11.9 Å². The van der Waals surface area contributed by atoms with Gasteiger partial charge in [0.15, 0.2) is 0 Å². The molecule has 4 heteroatoms. The molecule has 0 aromatic heterocycles. The van der Waals surface area contributed by atoms with E-state index in [0.29, 0.717) is 10.9 Å². The zero-order valence-corrected chi connectivity index (χ0v) is 10.0. The summed E-state index contributed by atoms with van der Waals surface area (Å²) in [7, 11) is 0. The second-order valence-corrected chi connectivity index (χ2v) is 4.94. The Morgan fingerprint density at radius 2 is 2.19 bits per heavy atom. The van der Waals surface area contributed by atoms with Gasteiger partial charge in [0.1, 0.15) is 5.82 Å². The van der Waals surface area contributed by atoms with E-state index in [1.165, 1.54) is 12.1 Å². The number of halogens is 2. The molecule has 1 aromatic carbocycles. The van der Waals surface area contributed by atoms with Crippen molar-refractivity contribution in [1.29, 1.82) is 0 Å². The fourth-order valence-corrected chi connectivity index (χ4v) is 2.34. The van der Waals surface area contributed by atoms with Gasteiger partial charge in [-0.1, -0.05) is 18.5 Å². The quantitative estimate of drug-likeness (QED) is 0.821. The van der Waals surface area contributed by atoms with Gasteiger partial charge in [-0.3, -0.25) is 0 Å². The molecule has 1 heterocycles. The normalized spacial score (nSPS) is 25.9. The molecule has 0 spiro atoms. The second-order valence-electron chi connectivity index (χ2n) is 4.50. The Morgan fingerprint density at radius 1 is 1.44 bits per heavy atom. The molecule has 2 rings (SSSR count). The number of hydrogen-bond donors (Lipinski definition) is 1. The molecule has 1 fully saturated rings. The fourth-order valence-electron chi connectivity index (χ4n) is 2.12. The minimum atomic E-state index is -0.287. The summed E-state index contributed by atoms with van der Waals surface area (Å²) in [5, 5.41) is 0.442. The van der Waals surface area contributed by atoms with Crippen LogP contribution in [-0.4, -0.2) is 19.1 Å². The highest BCUT2D eigenvalue weighted by atomic mass is 35.5. The van der Waals surface area contributed by atoms with Crippen LogP contribution in [0.15, 0.2) is 18.2 Å². The Bertz CT molecular complexity index is 363. The lowest BCUT2D eigenvalue weighted by molar-refractivity contribution is 0.382. The van der Waals surface area contributed by atoms with Crippen LogP contribution in [0, 0.1) is 11.7 Å². The topological polar surface area (TPSA) is 29.3 Å². The van der Waals surface area contributed by atoms with Crippen LogP contribution in [0.4, 0.5) is 10.1 Å². The first-order chi connectivity index (χ1) is 7.56. The van der Waals surface area contributed by atoms with Crippen molar-refractivity contribution in [2.75, 3.05) is 18.0 Å². The third-order valence-electron chi connectivity index (χ3n) is 3.18. The molecule has 0 saturated carbocycles. The SMILES string of the molecule is CC1CN(c2cc(F)cc(Cl)c2)CCC1N. The number of piperidine rings is 1. The Balaban J connectivity index is 2.18. The number of hydrogen-bond acceptors (Lipinski definition) is 2. The van der Waals surface area contributed by atoms with Crippen molar-refractivity contribution in [3.63, 3.8) is 0 Å². The summed E-state index contributed by atoms with van der Waals surface area (Å²) in [5.41, 5.74) is 6.80. The molecule has 88 valence electrons. The first-order valence-electron chi connectivity index (χ1n) is 5.53. The molecule has 1 aliphatic heterocycles. The summed E-state index contributed by atoms with van der Waals surface area (Å²) < 4.78 is 13.2. The second kappa shape index (κ2) is 4.60. The van der Waals surface area contributed by atoms with E-state index in [9.17, 15) is 4.39 Å². The van der Waals surface area contributed by atoms with Crippen molar-refractivity contribution in [2.24, 2.45) is 11.7 Å². The molecule has 2 atom stereocenters. The lowest BCUT2D eigenvalue weighted by atomic mass is 9.94. The average molecular weight is 243 g/mol. The fraction of sp³-hybridized carbons (Fsp3) is 0.500. The van der Waals surface area contributed by atoms with E-state index in [4.69, 9.17) is 17.3 Å². The average Bonchev–Trinajstić information content (AvgIpc) is 2.20. The molecule has 1 saturated heterocycles. The van der Waals surface area contributed by atoms with E-state index < -0.39 is 0 Å². The minimum absolute atomic E-state index is 0.250. The molecule has 2 nitrogen and oxygen atoms in total. The Labute approximate surface area is 100 Å². The van der Waals surface area contributed by atoms with Crippen molar-refractivity contribution >= 4 is 17.3 Å². The van der Waals surface area contributed by atoms with Crippen molar-refractivity contribution in [1.82, 2.24) is 0 Å². The van der Waals surface area contributed by atoms with Crippen molar-refractivity contribution < 1.29 is 4.39 Å². The predicted molar refractivity (Wildman–Crippen MR) is 65.4 cm³/mol. The van der Waals surface area contributed by atoms with E-state index in [1.807, 2.05) is 0 Å². The Hall–Kier alpha value is -0.800. The van der Waals surface area contributed by atoms with Crippen molar-refractivity contribution in [2.45, 2.75) is 19.4 Å². The van der Waals surface area contributed by atoms with Gasteiger partial charge in [-0.25, -0.2) is 4.39 Å². The van der Waals surface area contributed by atoms with Crippen molar-refractivity contribution in [3.05, 3.63) is 29.0 Å². The summed E-state index contributed by atoms with van der Waals surface area (Å²) in [4.78, 5) is 2.14. The highest BCUT2D eigenvalue weighted by Gasteiger charge is 2.23. The van der Waals surface area contributed by atoms with E-state index >= 15 is 0 Å². The van der Waals surface area contributed by atoms with Crippen LogP contribution in [0.5, 0.6) is 0 Å². The third-order valence-corrected chi connectivity index (χ3v) is 3.40. The van der Waals surface area contributed by atoms with Gasteiger partial charge in [-0.15, -0.1) is 0 Å². The molecule has 0 radical (unpaired) electrons. The van der Waals surface area contributed by atoms with Gasteiger partial charge < -0.3 is 10.6 Å². The molecule has 0 aliphatic carbocycles. The zero-order chi connectivity index (χ0) is 11.7. The molecule has 0 bridgehead atoms. The monoisotopic (exact) mass is 242 g/mol. The van der Waals surface area contributed by atoms with Gasteiger partial charge >= 0.3 is 0 Å². The Kier molecular flexibility index (Phi) is 3.36. The van der Waals surface area contributed by atoms with Gasteiger partial charge in [0.25, 0.3) is 0 Å². The maximum atomic E-state index is 13.2. The van der Waals surface area contributed by atoms with Crippen LogP contribution in [0.1, 0.15) is 13.3 Å². The zero-order valence-electron chi connectivity index (χ0n) is 9.29. The first kappa shape index (κ1) is 11.7. The largest absolute Gasteiger partial charge is 0.371 e. The lowest BCUT2D eigenvalue weighted by Gasteiger charge is -2.36. The first-order valence-corrected chi connectivity index (χ1v) is 5.90. The van der Waals surface area contributed by atoms with E-state index in [1.54, 1.807) is 6.07 Å². The number of rotatable bonds is 1. The molecule has 0 amide bonds. The highest BCUT2D eigenvalue weighted by molar-refractivity contribution is 6.30. The smallest absolute Gasteiger partial charge is 0.126 e.